The van der Waals surface area contributed by atoms with Crippen LogP contribution in [-0.4, -0.2) is 14.1 Å². The Kier molecular flexibility index (Phi) is 4.26. The molecular weight excluding hydrogens is 230 g/mol. The van der Waals surface area contributed by atoms with E-state index in [1.165, 1.54) is 28.0 Å². The second-order valence-electron chi connectivity index (χ2n) is 5.54. The van der Waals surface area contributed by atoms with Crippen molar-refractivity contribution >= 4 is 11.8 Å². The molecule has 1 nitrogen and oxygen atoms in total. The third-order valence-electron chi connectivity index (χ3n) is 3.77. The second-order valence-corrected chi connectivity index (χ2v) is 5.54. The van der Waals surface area contributed by atoms with Gasteiger partial charge in [0.1, 0.15) is 0 Å². The van der Waals surface area contributed by atoms with E-state index >= 15 is 0 Å². The molecule has 0 saturated heterocycles. The fourth-order valence-electron chi connectivity index (χ4n) is 2.20. The Hall–Kier alpha value is -1.76. The average Bonchev–Trinajstić information content (AvgIpc) is 2.40. The Balaban J connectivity index is 2.03. The van der Waals surface area contributed by atoms with Gasteiger partial charge in [-0.25, -0.2) is 0 Å². The zero-order valence-corrected chi connectivity index (χ0v) is 12.4. The summed E-state index contributed by atoms with van der Waals surface area (Å²) in [5, 5.41) is 0. The molecule has 0 spiro atoms. The molecule has 1 heteroatoms. The third kappa shape index (κ3) is 3.60. The summed E-state index contributed by atoms with van der Waals surface area (Å²) in [4.78, 5) is 2.12. The van der Waals surface area contributed by atoms with Crippen LogP contribution < -0.4 is 4.90 Å². The lowest BCUT2D eigenvalue weighted by atomic mass is 9.93. The van der Waals surface area contributed by atoms with Crippen molar-refractivity contribution in [2.24, 2.45) is 0 Å². The van der Waals surface area contributed by atoms with Crippen molar-refractivity contribution in [2.45, 2.75) is 26.7 Å². The van der Waals surface area contributed by atoms with E-state index in [9.17, 15) is 0 Å². The topological polar surface area (TPSA) is 3.24 Å². The standard InChI is InChI=1S/C18H23N/c1-14-5-6-17(13-15(14)2)8-7-16-9-11-18(12-10-16)19(3)4/h6-12H,5,13H2,1-4H3/b8-7+. The van der Waals surface area contributed by atoms with Crippen molar-refractivity contribution in [3.8, 4) is 0 Å². The molecule has 1 aromatic carbocycles. The van der Waals surface area contributed by atoms with Gasteiger partial charge in [0.25, 0.3) is 0 Å². The van der Waals surface area contributed by atoms with Crippen molar-refractivity contribution in [3.05, 3.63) is 58.7 Å². The first-order chi connectivity index (χ1) is 9.06. The van der Waals surface area contributed by atoms with Gasteiger partial charge in [0.15, 0.2) is 0 Å². The van der Waals surface area contributed by atoms with Crippen molar-refractivity contribution in [1.29, 1.82) is 0 Å². The van der Waals surface area contributed by atoms with E-state index < -0.39 is 0 Å². The summed E-state index contributed by atoms with van der Waals surface area (Å²) >= 11 is 0. The van der Waals surface area contributed by atoms with Gasteiger partial charge in [-0.15, -0.1) is 0 Å². The Morgan fingerprint density at radius 2 is 1.63 bits per heavy atom. The Morgan fingerprint density at radius 3 is 2.21 bits per heavy atom. The molecule has 0 aliphatic heterocycles. The van der Waals surface area contributed by atoms with Crippen LogP contribution in [0.5, 0.6) is 0 Å². The predicted octanol–water partition coefficient (Wildman–Crippen LogP) is 4.82. The van der Waals surface area contributed by atoms with Gasteiger partial charge in [-0.05, 0) is 50.0 Å². The number of rotatable bonds is 3. The Labute approximate surface area is 116 Å². The van der Waals surface area contributed by atoms with Gasteiger partial charge in [0.05, 0.1) is 0 Å². The highest BCUT2D eigenvalue weighted by Gasteiger charge is 2.05. The highest BCUT2D eigenvalue weighted by Crippen LogP contribution is 2.25. The van der Waals surface area contributed by atoms with Crippen molar-refractivity contribution in [1.82, 2.24) is 0 Å². The molecule has 0 heterocycles. The number of hydrogen-bond donors (Lipinski definition) is 0. The van der Waals surface area contributed by atoms with Crippen LogP contribution in [0.3, 0.4) is 0 Å². The maximum Gasteiger partial charge on any atom is 0.0361 e. The quantitative estimate of drug-likeness (QED) is 0.698. The molecule has 19 heavy (non-hydrogen) atoms. The fraction of sp³-hybridized carbons (Fsp3) is 0.333. The van der Waals surface area contributed by atoms with Gasteiger partial charge in [-0.3, -0.25) is 0 Å². The molecule has 1 aromatic rings. The first-order valence-corrected chi connectivity index (χ1v) is 6.86. The maximum absolute atomic E-state index is 2.34. The molecule has 0 atom stereocenters. The lowest BCUT2D eigenvalue weighted by Gasteiger charge is -2.14. The zero-order chi connectivity index (χ0) is 13.8. The summed E-state index contributed by atoms with van der Waals surface area (Å²) in [5.74, 6) is 0. The normalized spacial score (nSPS) is 15.9. The summed E-state index contributed by atoms with van der Waals surface area (Å²) in [7, 11) is 4.13. The van der Waals surface area contributed by atoms with Gasteiger partial charge in [0.2, 0.25) is 0 Å². The van der Waals surface area contributed by atoms with E-state index in [1.807, 2.05) is 0 Å². The third-order valence-corrected chi connectivity index (χ3v) is 3.77. The number of anilines is 1. The van der Waals surface area contributed by atoms with Crippen LogP contribution in [0.15, 0.2) is 53.1 Å². The van der Waals surface area contributed by atoms with Crippen LogP contribution in [0.4, 0.5) is 5.69 Å². The summed E-state index contributed by atoms with van der Waals surface area (Å²) in [6.07, 6.45) is 9.00. The second kappa shape index (κ2) is 5.92. The van der Waals surface area contributed by atoms with E-state index in [0.717, 1.165) is 12.8 Å². The molecule has 0 N–H and O–H groups in total. The summed E-state index contributed by atoms with van der Waals surface area (Å²) < 4.78 is 0. The van der Waals surface area contributed by atoms with Crippen LogP contribution in [-0.2, 0) is 0 Å². The minimum absolute atomic E-state index is 1.10. The zero-order valence-electron chi connectivity index (χ0n) is 12.4. The van der Waals surface area contributed by atoms with Gasteiger partial charge in [-0.1, -0.05) is 41.5 Å². The number of allylic oxidation sites excluding steroid dienone is 5. The molecule has 0 fully saturated rings. The molecule has 2 rings (SSSR count). The smallest absolute Gasteiger partial charge is 0.0361 e. The number of benzene rings is 1. The molecule has 1 aliphatic rings. The average molecular weight is 253 g/mol. The summed E-state index contributed by atoms with van der Waals surface area (Å²) in [6.45, 7) is 4.47. The lowest BCUT2D eigenvalue weighted by Crippen LogP contribution is -2.07. The Morgan fingerprint density at radius 1 is 0.947 bits per heavy atom. The Bertz CT molecular complexity index is 527. The molecule has 0 bridgehead atoms. The molecule has 100 valence electrons. The highest BCUT2D eigenvalue weighted by atomic mass is 15.1. The van der Waals surface area contributed by atoms with Gasteiger partial charge in [0, 0.05) is 19.8 Å². The van der Waals surface area contributed by atoms with Crippen LogP contribution in [0, 0.1) is 0 Å². The molecule has 0 aromatic heterocycles. The first kappa shape index (κ1) is 13.7. The summed E-state index contributed by atoms with van der Waals surface area (Å²) in [5.41, 5.74) is 6.97. The van der Waals surface area contributed by atoms with Crippen LogP contribution in [0.2, 0.25) is 0 Å². The largest absolute Gasteiger partial charge is 0.378 e. The highest BCUT2D eigenvalue weighted by molar-refractivity contribution is 5.58. The van der Waals surface area contributed by atoms with Gasteiger partial charge < -0.3 is 4.90 Å². The monoisotopic (exact) mass is 253 g/mol. The molecule has 0 radical (unpaired) electrons. The van der Waals surface area contributed by atoms with Crippen LogP contribution in [0.25, 0.3) is 6.08 Å². The van der Waals surface area contributed by atoms with E-state index in [4.69, 9.17) is 0 Å². The molecular formula is C18H23N. The molecule has 0 unspecified atom stereocenters. The molecule has 1 aliphatic carbocycles. The number of hydrogen-bond acceptors (Lipinski definition) is 1. The number of nitrogens with zero attached hydrogens (tertiary/aromatic N) is 1. The molecule has 0 saturated carbocycles. The fourth-order valence-corrected chi connectivity index (χ4v) is 2.20. The minimum atomic E-state index is 1.10. The van der Waals surface area contributed by atoms with Crippen molar-refractivity contribution < 1.29 is 0 Å². The lowest BCUT2D eigenvalue weighted by molar-refractivity contribution is 0.997. The van der Waals surface area contributed by atoms with Crippen LogP contribution >= 0.6 is 0 Å². The SMILES string of the molecule is CC1=C(C)CC(/C=C/c2ccc(N(C)C)cc2)=CC1. The van der Waals surface area contributed by atoms with Crippen molar-refractivity contribution in [2.75, 3.05) is 19.0 Å². The first-order valence-electron chi connectivity index (χ1n) is 6.86. The van der Waals surface area contributed by atoms with Crippen LogP contribution in [0.1, 0.15) is 32.3 Å². The van der Waals surface area contributed by atoms with Crippen molar-refractivity contribution in [3.63, 3.8) is 0 Å². The summed E-state index contributed by atoms with van der Waals surface area (Å²) in [6, 6.07) is 8.65. The molecule has 0 amide bonds. The van der Waals surface area contributed by atoms with Gasteiger partial charge in [-0.2, -0.15) is 0 Å². The predicted molar refractivity (Wildman–Crippen MR) is 85.5 cm³/mol. The van der Waals surface area contributed by atoms with Gasteiger partial charge >= 0.3 is 0 Å². The van der Waals surface area contributed by atoms with E-state index in [0.29, 0.717) is 0 Å². The van der Waals surface area contributed by atoms with E-state index in [-0.39, 0.29) is 0 Å². The minimum Gasteiger partial charge on any atom is -0.378 e. The maximum atomic E-state index is 2.34. The van der Waals surface area contributed by atoms with E-state index in [1.54, 1.807) is 0 Å². The van der Waals surface area contributed by atoms with E-state index in [2.05, 4.69) is 75.3 Å².